The van der Waals surface area contributed by atoms with Gasteiger partial charge in [0.25, 0.3) is 0 Å². The lowest BCUT2D eigenvalue weighted by atomic mass is 10.3. The highest BCUT2D eigenvalue weighted by atomic mass is 31.1. The first-order valence-electron chi connectivity index (χ1n) is 5.95. The van der Waals surface area contributed by atoms with E-state index in [1.54, 1.807) is 0 Å². The summed E-state index contributed by atoms with van der Waals surface area (Å²) in [7, 11) is -0.546. The lowest BCUT2D eigenvalue weighted by molar-refractivity contribution is 1.54. The van der Waals surface area contributed by atoms with E-state index in [4.69, 9.17) is 0 Å². The van der Waals surface area contributed by atoms with Crippen molar-refractivity contribution in [2.24, 2.45) is 0 Å². The molecule has 18 heavy (non-hydrogen) atoms. The van der Waals surface area contributed by atoms with Crippen molar-refractivity contribution in [1.29, 1.82) is 0 Å². The predicted molar refractivity (Wildman–Crippen MR) is 83.0 cm³/mol. The van der Waals surface area contributed by atoms with Gasteiger partial charge in [0.1, 0.15) is 0 Å². The minimum atomic E-state index is -0.546. The van der Waals surface area contributed by atoms with E-state index in [9.17, 15) is 0 Å². The summed E-state index contributed by atoms with van der Waals surface area (Å²) in [5.41, 5.74) is 1.06. The van der Waals surface area contributed by atoms with Crippen LogP contribution in [-0.2, 0) is 0 Å². The highest BCUT2D eigenvalue weighted by molar-refractivity contribution is 7.77. The van der Waals surface area contributed by atoms with Gasteiger partial charge in [0.2, 0.25) is 0 Å². The lowest BCUT2D eigenvalue weighted by Gasteiger charge is -2.21. The van der Waals surface area contributed by atoms with Crippen molar-refractivity contribution in [2.45, 2.75) is 6.92 Å². The average molecular weight is 252 g/mol. The number of benzene rings is 2. The van der Waals surface area contributed by atoms with Crippen LogP contribution < -0.4 is 10.6 Å². The topological polar surface area (TPSA) is 0 Å². The van der Waals surface area contributed by atoms with Crippen LogP contribution in [-0.4, -0.2) is 0 Å². The van der Waals surface area contributed by atoms with Gasteiger partial charge in [-0.1, -0.05) is 79.4 Å². The summed E-state index contributed by atoms with van der Waals surface area (Å²) in [6, 6.07) is 21.1. The van der Waals surface area contributed by atoms with Crippen LogP contribution in [0.15, 0.2) is 84.7 Å². The molecule has 2 aromatic rings. The largest absolute Gasteiger partial charge is 0.0955 e. The van der Waals surface area contributed by atoms with Gasteiger partial charge in [0.15, 0.2) is 0 Å². The highest BCUT2D eigenvalue weighted by Gasteiger charge is 2.16. The summed E-state index contributed by atoms with van der Waals surface area (Å²) in [6.45, 7) is 10.3. The molecule has 0 amide bonds. The molecule has 0 aliphatic rings. The lowest BCUT2D eigenvalue weighted by Crippen LogP contribution is -2.12. The van der Waals surface area contributed by atoms with Crippen molar-refractivity contribution in [3.8, 4) is 0 Å². The Hall–Kier alpha value is -1.65. The molecule has 0 nitrogen and oxygen atoms in total. The van der Waals surface area contributed by atoms with Gasteiger partial charge in [-0.15, -0.1) is 0 Å². The maximum atomic E-state index is 4.24. The second-order valence-corrected chi connectivity index (χ2v) is 6.48. The van der Waals surface area contributed by atoms with Crippen LogP contribution >= 0.6 is 7.92 Å². The Morgan fingerprint density at radius 3 is 1.50 bits per heavy atom. The normalized spacial score (nSPS) is 10.3. The Kier molecular flexibility index (Phi) is 4.12. The summed E-state index contributed by atoms with van der Waals surface area (Å²) >= 11 is 0. The van der Waals surface area contributed by atoms with Crippen molar-refractivity contribution in [3.63, 3.8) is 0 Å². The Bertz CT molecular complexity index is 501. The van der Waals surface area contributed by atoms with Gasteiger partial charge in [0, 0.05) is 0 Å². The third kappa shape index (κ3) is 2.78. The molecule has 0 saturated carbocycles. The maximum Gasteiger partial charge on any atom is -0.0138 e. The van der Waals surface area contributed by atoms with Crippen LogP contribution in [0, 0.1) is 0 Å². The molecule has 0 N–H and O–H groups in total. The fourth-order valence-corrected chi connectivity index (χ4v) is 4.05. The predicted octanol–water partition coefficient (Wildman–Crippen LogP) is 4.21. The van der Waals surface area contributed by atoms with Crippen LogP contribution in [0.25, 0.3) is 0 Å². The Morgan fingerprint density at radius 1 is 0.778 bits per heavy atom. The molecule has 1 heteroatoms. The van der Waals surface area contributed by atoms with E-state index in [0.29, 0.717) is 0 Å². The number of hydrogen-bond acceptors (Lipinski definition) is 0. The molecule has 0 atom stereocenters. The maximum absolute atomic E-state index is 4.24. The average Bonchev–Trinajstić information content (AvgIpc) is 2.41. The van der Waals surface area contributed by atoms with Crippen molar-refractivity contribution >= 4 is 18.5 Å². The fourth-order valence-electron chi connectivity index (χ4n) is 1.81. The Balaban J connectivity index is 2.48. The van der Waals surface area contributed by atoms with Crippen molar-refractivity contribution in [2.75, 3.05) is 0 Å². The van der Waals surface area contributed by atoms with E-state index < -0.39 is 7.92 Å². The first kappa shape index (κ1) is 12.8. The van der Waals surface area contributed by atoms with E-state index in [1.807, 2.05) is 19.1 Å². The molecule has 0 unspecified atom stereocenters. The molecule has 0 aliphatic heterocycles. The molecular weight excluding hydrogens is 235 g/mol. The minimum absolute atomic E-state index is 0.546. The summed E-state index contributed by atoms with van der Waals surface area (Å²) < 4.78 is 0. The molecular formula is C17H17P. The molecule has 0 aliphatic carbocycles. The zero-order valence-corrected chi connectivity index (χ0v) is 11.5. The SMILES string of the molecule is C=C(C)C(=C)P(c1ccccc1)c1ccccc1. The van der Waals surface area contributed by atoms with E-state index in [1.165, 1.54) is 10.6 Å². The molecule has 2 aromatic carbocycles. The Morgan fingerprint density at radius 2 is 1.17 bits per heavy atom. The first-order valence-corrected chi connectivity index (χ1v) is 7.29. The van der Waals surface area contributed by atoms with Crippen molar-refractivity contribution in [1.82, 2.24) is 0 Å². The quantitative estimate of drug-likeness (QED) is 0.565. The molecule has 0 heterocycles. The van der Waals surface area contributed by atoms with E-state index in [0.717, 1.165) is 10.9 Å². The smallest absolute Gasteiger partial charge is 0.0138 e. The third-order valence-corrected chi connectivity index (χ3v) is 5.34. The fraction of sp³-hybridized carbons (Fsp3) is 0.0588. The van der Waals surface area contributed by atoms with Gasteiger partial charge in [-0.2, -0.15) is 0 Å². The molecule has 0 saturated heterocycles. The molecule has 0 spiro atoms. The standard InChI is InChI=1S/C17H17P/c1-14(2)15(3)18(16-10-6-4-7-11-16)17-12-8-5-9-13-17/h4-13H,1,3H2,2H3. The van der Waals surface area contributed by atoms with Crippen LogP contribution in [0.3, 0.4) is 0 Å². The Labute approximate surface area is 110 Å². The minimum Gasteiger partial charge on any atom is -0.0955 e. The van der Waals surface area contributed by atoms with Crippen LogP contribution in [0.1, 0.15) is 6.92 Å². The highest BCUT2D eigenvalue weighted by Crippen LogP contribution is 2.44. The summed E-state index contributed by atoms with van der Waals surface area (Å²) in [4.78, 5) is 0. The first-order chi connectivity index (χ1) is 8.70. The molecule has 0 radical (unpaired) electrons. The molecule has 0 bridgehead atoms. The van der Waals surface area contributed by atoms with Crippen LogP contribution in [0.4, 0.5) is 0 Å². The van der Waals surface area contributed by atoms with Gasteiger partial charge < -0.3 is 0 Å². The second kappa shape index (κ2) is 5.80. The van der Waals surface area contributed by atoms with Crippen LogP contribution in [0.5, 0.6) is 0 Å². The number of hydrogen-bond donors (Lipinski definition) is 0. The summed E-state index contributed by atoms with van der Waals surface area (Å²) in [5.74, 6) is 0. The van der Waals surface area contributed by atoms with Gasteiger partial charge in [-0.25, -0.2) is 0 Å². The number of allylic oxidation sites excluding steroid dienone is 2. The zero-order chi connectivity index (χ0) is 13.0. The monoisotopic (exact) mass is 252 g/mol. The summed E-state index contributed by atoms with van der Waals surface area (Å²) in [5, 5.41) is 3.79. The third-order valence-electron chi connectivity index (χ3n) is 2.79. The van der Waals surface area contributed by atoms with Gasteiger partial charge in [-0.05, 0) is 30.8 Å². The van der Waals surface area contributed by atoms with E-state index in [-0.39, 0.29) is 0 Å². The summed E-state index contributed by atoms with van der Waals surface area (Å²) in [6.07, 6.45) is 0. The zero-order valence-electron chi connectivity index (χ0n) is 10.6. The molecule has 90 valence electrons. The van der Waals surface area contributed by atoms with Gasteiger partial charge in [-0.3, -0.25) is 0 Å². The molecule has 0 aromatic heterocycles. The van der Waals surface area contributed by atoms with Crippen molar-refractivity contribution < 1.29 is 0 Å². The van der Waals surface area contributed by atoms with Gasteiger partial charge in [0.05, 0.1) is 0 Å². The molecule has 2 rings (SSSR count). The molecule has 0 fully saturated rings. The van der Waals surface area contributed by atoms with Crippen molar-refractivity contribution in [3.05, 3.63) is 84.7 Å². The number of rotatable bonds is 4. The van der Waals surface area contributed by atoms with Crippen LogP contribution in [0.2, 0.25) is 0 Å². The second-order valence-electron chi connectivity index (χ2n) is 4.23. The van der Waals surface area contributed by atoms with E-state index >= 15 is 0 Å². The van der Waals surface area contributed by atoms with E-state index in [2.05, 4.69) is 61.7 Å². The van der Waals surface area contributed by atoms with Gasteiger partial charge >= 0.3 is 0 Å².